The summed E-state index contributed by atoms with van der Waals surface area (Å²) in [6.07, 6.45) is 103. The lowest BCUT2D eigenvalue weighted by atomic mass is 9.99. The average Bonchev–Trinajstić information content (AvgIpc) is 0.829. The number of aliphatic hydroxyl groups excluding tert-OH is 5. The number of ether oxygens (including phenoxy) is 2. The van der Waals surface area contributed by atoms with E-state index in [1.54, 1.807) is 6.08 Å². The van der Waals surface area contributed by atoms with Crippen molar-refractivity contribution in [3.05, 3.63) is 134 Å². The number of carbonyl (C=O) groups excluding carboxylic acids is 1. The summed E-state index contributed by atoms with van der Waals surface area (Å²) in [7, 11) is 0. The molecule has 0 aliphatic carbocycles. The first-order valence-electron chi connectivity index (χ1n) is 39.4. The van der Waals surface area contributed by atoms with E-state index < -0.39 is 49.5 Å². The van der Waals surface area contributed by atoms with E-state index in [0.717, 1.165) is 109 Å². The Kier molecular flexibility index (Phi) is 67.7. The molecule has 7 atom stereocenters. The van der Waals surface area contributed by atoms with Crippen LogP contribution in [0.15, 0.2) is 134 Å². The lowest BCUT2D eigenvalue weighted by Crippen LogP contribution is -2.60. The van der Waals surface area contributed by atoms with Crippen LogP contribution in [0.5, 0.6) is 0 Å². The predicted molar refractivity (Wildman–Crippen MR) is 405 cm³/mol. The zero-order valence-electron chi connectivity index (χ0n) is 60.7. The Bertz CT molecular complexity index is 1960. The van der Waals surface area contributed by atoms with Crippen molar-refractivity contribution in [3.8, 4) is 0 Å². The van der Waals surface area contributed by atoms with Crippen LogP contribution in [0.3, 0.4) is 0 Å². The largest absolute Gasteiger partial charge is 0.394 e. The molecule has 0 spiro atoms. The van der Waals surface area contributed by atoms with Gasteiger partial charge in [0.25, 0.3) is 0 Å². The van der Waals surface area contributed by atoms with Crippen LogP contribution in [0.25, 0.3) is 0 Å². The van der Waals surface area contributed by atoms with Crippen LogP contribution in [0.2, 0.25) is 0 Å². The Balaban J connectivity index is 2.13. The van der Waals surface area contributed by atoms with E-state index in [2.05, 4.69) is 141 Å². The number of hydrogen-bond donors (Lipinski definition) is 6. The van der Waals surface area contributed by atoms with E-state index in [1.165, 1.54) is 212 Å². The first kappa shape index (κ1) is 88.3. The van der Waals surface area contributed by atoms with Crippen LogP contribution in [-0.4, -0.2) is 87.5 Å². The molecule has 9 nitrogen and oxygen atoms in total. The molecule has 1 fully saturated rings. The van der Waals surface area contributed by atoms with Gasteiger partial charge in [-0.3, -0.25) is 4.79 Å². The number of hydrogen-bond acceptors (Lipinski definition) is 8. The molecular weight excluding hydrogens is 1160 g/mol. The van der Waals surface area contributed by atoms with E-state index in [1.807, 2.05) is 6.08 Å². The Morgan fingerprint density at radius 3 is 1.02 bits per heavy atom. The van der Waals surface area contributed by atoms with E-state index in [9.17, 15) is 30.3 Å². The van der Waals surface area contributed by atoms with Gasteiger partial charge in [-0.1, -0.05) is 366 Å². The van der Waals surface area contributed by atoms with Gasteiger partial charge in [0.2, 0.25) is 5.91 Å². The minimum atomic E-state index is -1.58. The molecule has 1 saturated heterocycles. The molecule has 1 amide bonds. The van der Waals surface area contributed by atoms with Gasteiger partial charge in [-0.25, -0.2) is 0 Å². The van der Waals surface area contributed by atoms with Gasteiger partial charge in [0.05, 0.1) is 25.4 Å². The number of allylic oxidation sites excluding steroid dienone is 21. The maximum atomic E-state index is 13.2. The highest BCUT2D eigenvalue weighted by Gasteiger charge is 2.44. The summed E-state index contributed by atoms with van der Waals surface area (Å²) in [6, 6.07) is -0.835. The third kappa shape index (κ3) is 59.6. The molecule has 0 bridgehead atoms. The van der Waals surface area contributed by atoms with Gasteiger partial charge in [-0.2, -0.15) is 0 Å². The molecule has 0 aromatic carbocycles. The molecule has 94 heavy (non-hydrogen) atoms. The van der Waals surface area contributed by atoms with E-state index in [0.29, 0.717) is 6.42 Å². The molecular formula is C85H147NO8. The summed E-state index contributed by atoms with van der Waals surface area (Å²) >= 11 is 0. The number of carbonyl (C=O) groups is 1. The molecule has 6 N–H and O–H groups in total. The van der Waals surface area contributed by atoms with Crippen molar-refractivity contribution in [2.24, 2.45) is 0 Å². The third-order valence-corrected chi connectivity index (χ3v) is 18.0. The quantitative estimate of drug-likeness (QED) is 0.0261. The van der Waals surface area contributed by atoms with Gasteiger partial charge in [-0.05, 0) is 103 Å². The fraction of sp³-hybridized carbons (Fsp3) is 0.729. The molecule has 0 saturated carbocycles. The highest BCUT2D eigenvalue weighted by atomic mass is 16.7. The summed E-state index contributed by atoms with van der Waals surface area (Å²) in [6.45, 7) is 3.68. The van der Waals surface area contributed by atoms with Gasteiger partial charge in [0, 0.05) is 6.42 Å². The summed E-state index contributed by atoms with van der Waals surface area (Å²) in [5.41, 5.74) is 0. The monoisotopic (exact) mass is 1310 g/mol. The fourth-order valence-electron chi connectivity index (χ4n) is 11.9. The number of unbranched alkanes of at least 4 members (excludes halogenated alkanes) is 38. The van der Waals surface area contributed by atoms with Gasteiger partial charge in [0.15, 0.2) is 6.29 Å². The summed E-state index contributed by atoms with van der Waals surface area (Å²) in [5, 5.41) is 54.9. The van der Waals surface area contributed by atoms with Crippen molar-refractivity contribution >= 4 is 5.91 Å². The Morgan fingerprint density at radius 1 is 0.372 bits per heavy atom. The van der Waals surface area contributed by atoms with Crippen LogP contribution in [-0.2, 0) is 14.3 Å². The maximum absolute atomic E-state index is 13.2. The summed E-state index contributed by atoms with van der Waals surface area (Å²) in [5.74, 6) is -0.191. The fourth-order valence-corrected chi connectivity index (χ4v) is 11.9. The summed E-state index contributed by atoms with van der Waals surface area (Å²) in [4.78, 5) is 13.2. The van der Waals surface area contributed by atoms with Crippen LogP contribution >= 0.6 is 0 Å². The third-order valence-electron chi connectivity index (χ3n) is 18.0. The maximum Gasteiger partial charge on any atom is 0.220 e. The van der Waals surface area contributed by atoms with E-state index >= 15 is 0 Å². The molecule has 9 heteroatoms. The van der Waals surface area contributed by atoms with Crippen molar-refractivity contribution in [2.45, 2.75) is 384 Å². The molecule has 0 aromatic rings. The van der Waals surface area contributed by atoms with Crippen molar-refractivity contribution < 1.29 is 39.8 Å². The first-order chi connectivity index (χ1) is 46.3. The minimum absolute atomic E-state index is 0.191. The number of rotatable bonds is 68. The van der Waals surface area contributed by atoms with Gasteiger partial charge in [0.1, 0.15) is 24.4 Å². The van der Waals surface area contributed by atoms with Gasteiger partial charge >= 0.3 is 0 Å². The van der Waals surface area contributed by atoms with Gasteiger partial charge < -0.3 is 40.3 Å². The Morgan fingerprint density at radius 2 is 0.670 bits per heavy atom. The second kappa shape index (κ2) is 72.1. The van der Waals surface area contributed by atoms with Crippen molar-refractivity contribution in [1.82, 2.24) is 5.32 Å². The zero-order chi connectivity index (χ0) is 67.8. The molecule has 540 valence electrons. The van der Waals surface area contributed by atoms with Crippen LogP contribution in [0.1, 0.15) is 341 Å². The molecule has 0 radical (unpaired) electrons. The molecule has 1 heterocycles. The number of aliphatic hydroxyl groups is 5. The zero-order valence-corrected chi connectivity index (χ0v) is 60.7. The average molecular weight is 1310 g/mol. The number of nitrogens with one attached hydrogen (secondary N) is 1. The molecule has 1 aliphatic heterocycles. The second-order valence-electron chi connectivity index (χ2n) is 26.8. The van der Waals surface area contributed by atoms with Crippen LogP contribution in [0.4, 0.5) is 0 Å². The molecule has 1 rings (SSSR count). The smallest absolute Gasteiger partial charge is 0.220 e. The van der Waals surface area contributed by atoms with Crippen molar-refractivity contribution in [1.29, 1.82) is 0 Å². The summed E-state index contributed by atoms with van der Waals surface area (Å²) < 4.78 is 11.3. The molecule has 7 unspecified atom stereocenters. The van der Waals surface area contributed by atoms with Crippen LogP contribution < -0.4 is 5.32 Å². The number of amides is 1. The first-order valence-corrected chi connectivity index (χ1v) is 39.4. The highest BCUT2D eigenvalue weighted by molar-refractivity contribution is 5.76. The van der Waals surface area contributed by atoms with Crippen LogP contribution in [0, 0.1) is 0 Å². The predicted octanol–water partition coefficient (Wildman–Crippen LogP) is 22.7. The van der Waals surface area contributed by atoms with Gasteiger partial charge in [-0.15, -0.1) is 0 Å². The van der Waals surface area contributed by atoms with E-state index in [4.69, 9.17) is 9.47 Å². The lowest BCUT2D eigenvalue weighted by molar-refractivity contribution is -0.302. The van der Waals surface area contributed by atoms with Crippen molar-refractivity contribution in [3.63, 3.8) is 0 Å². The minimum Gasteiger partial charge on any atom is -0.394 e. The lowest BCUT2D eigenvalue weighted by Gasteiger charge is -2.40. The standard InChI is InChI=1S/C85H147NO8/c1-3-5-7-9-11-13-15-17-19-21-23-25-27-29-31-33-35-37-38-39-40-41-42-43-45-47-49-51-53-55-57-59-61-63-65-67-69-71-73-75-81(89)86-78(77-93-85-84(92)83(91)82(90)80(76-87)94-85)79(88)74-72-70-68-66-64-62-60-58-56-54-52-50-48-46-44-36-34-32-30-28-26-24-22-20-18-16-14-12-10-8-6-4-2/h5,7,11,13,17,19,23,25,29,31,35,37,39-40,42-43,47,49,64,66,72,74,78-80,82-85,87-88,90-92H,3-4,6,8-10,12,14-16,18,20-22,24,26-28,30,32-34,36,38,41,44-46,48,50-63,65,67-71,73,75-77H2,1-2H3,(H,86,89)/b7-5-,13-11-,19-17-,25-23-,31-29-,37-35-,40-39-,43-42-,49-47-,66-64+,74-72+. The molecule has 0 aromatic heterocycles. The van der Waals surface area contributed by atoms with Crippen molar-refractivity contribution in [2.75, 3.05) is 13.2 Å². The normalized spacial score (nSPS) is 18.3. The topological polar surface area (TPSA) is 149 Å². The Labute approximate surface area is 579 Å². The van der Waals surface area contributed by atoms with E-state index in [-0.39, 0.29) is 12.5 Å². The SMILES string of the molecule is CC/C=C\C/C=C\C/C=C\C/C=C\C/C=C\C/C=C\C/C=C\C/C=C\C/C=C\CCCCCCCCCCCCCC(=O)NC(COC1OC(CO)C(O)C(O)C1O)C(O)/C=C/CC/C=C/CCCCCCCCCCCCCCCCCCCCCCCCCCCC. The second-order valence-corrected chi connectivity index (χ2v) is 26.8. The highest BCUT2D eigenvalue weighted by Crippen LogP contribution is 2.23. The Hall–Kier alpha value is -3.67. The molecule has 1 aliphatic rings.